The van der Waals surface area contributed by atoms with Crippen LogP contribution < -0.4 is 11.1 Å². The van der Waals surface area contributed by atoms with Crippen LogP contribution in [0.5, 0.6) is 0 Å². The molecule has 0 spiro atoms. The smallest absolute Gasteiger partial charge is 0.223 e. The largest absolute Gasteiger partial charge is 0.355 e. The van der Waals surface area contributed by atoms with Crippen LogP contribution in [0.25, 0.3) is 0 Å². The van der Waals surface area contributed by atoms with Gasteiger partial charge in [-0.3, -0.25) is 4.79 Å². The van der Waals surface area contributed by atoms with E-state index in [0.29, 0.717) is 23.1 Å². The predicted octanol–water partition coefficient (Wildman–Crippen LogP) is 2.17. The van der Waals surface area contributed by atoms with Crippen LogP contribution in [0.4, 0.5) is 0 Å². The molecule has 1 aliphatic rings. The zero-order valence-corrected chi connectivity index (χ0v) is 10.8. The third kappa shape index (κ3) is 3.12. The molecule has 0 radical (unpaired) electrons. The quantitative estimate of drug-likeness (QED) is 0.883. The van der Waals surface area contributed by atoms with Gasteiger partial charge < -0.3 is 11.1 Å². The monoisotopic (exact) mass is 272 g/mol. The van der Waals surface area contributed by atoms with Gasteiger partial charge in [-0.25, -0.2) is 0 Å². The minimum absolute atomic E-state index is 0.0380. The number of nitrogens with two attached hydrogens (primary N) is 1. The Morgan fingerprint density at radius 1 is 1.35 bits per heavy atom. The van der Waals surface area contributed by atoms with Gasteiger partial charge in [-0.15, -0.1) is 0 Å². The van der Waals surface area contributed by atoms with Crippen molar-refractivity contribution in [1.29, 1.82) is 0 Å². The zero-order valence-electron chi connectivity index (χ0n) is 9.25. The van der Waals surface area contributed by atoms with E-state index in [1.807, 2.05) is 12.1 Å². The van der Waals surface area contributed by atoms with Crippen LogP contribution in [0.3, 0.4) is 0 Å². The molecule has 17 heavy (non-hydrogen) atoms. The Labute approximate surface area is 110 Å². The summed E-state index contributed by atoms with van der Waals surface area (Å²) in [6, 6.07) is 5.43. The highest BCUT2D eigenvalue weighted by Gasteiger charge is 2.43. The maximum atomic E-state index is 11.7. The van der Waals surface area contributed by atoms with Crippen LogP contribution in [0.2, 0.25) is 10.0 Å². The summed E-state index contributed by atoms with van der Waals surface area (Å²) < 4.78 is 0. The Balaban J connectivity index is 2.00. The van der Waals surface area contributed by atoms with Crippen LogP contribution in [0.15, 0.2) is 18.2 Å². The molecule has 5 heteroatoms. The Morgan fingerprint density at radius 2 is 2.00 bits per heavy atom. The van der Waals surface area contributed by atoms with Gasteiger partial charge in [-0.1, -0.05) is 23.2 Å². The summed E-state index contributed by atoms with van der Waals surface area (Å²) in [5.74, 6) is 0.344. The molecule has 2 rings (SSSR count). The highest BCUT2D eigenvalue weighted by Crippen LogP contribution is 2.48. The molecule has 2 atom stereocenters. The van der Waals surface area contributed by atoms with Gasteiger partial charge in [0, 0.05) is 29.1 Å². The lowest BCUT2D eigenvalue weighted by Crippen LogP contribution is -2.30. The average Bonchev–Trinajstić information content (AvgIpc) is 3.04. The molecule has 0 aliphatic heterocycles. The van der Waals surface area contributed by atoms with Gasteiger partial charge in [0.25, 0.3) is 0 Å². The first-order valence-electron chi connectivity index (χ1n) is 5.55. The van der Waals surface area contributed by atoms with Crippen molar-refractivity contribution >= 4 is 29.1 Å². The first-order chi connectivity index (χ1) is 8.11. The van der Waals surface area contributed by atoms with E-state index in [9.17, 15) is 4.79 Å². The molecule has 3 nitrogen and oxygen atoms in total. The summed E-state index contributed by atoms with van der Waals surface area (Å²) in [7, 11) is 0. The van der Waals surface area contributed by atoms with Crippen LogP contribution in [0, 0.1) is 5.92 Å². The number of carbonyl (C=O) groups excluding carboxylic acids is 1. The van der Waals surface area contributed by atoms with E-state index in [-0.39, 0.29) is 17.7 Å². The Bertz CT molecular complexity index is 416. The van der Waals surface area contributed by atoms with E-state index in [0.717, 1.165) is 12.0 Å². The third-order valence-electron chi connectivity index (χ3n) is 2.88. The summed E-state index contributed by atoms with van der Waals surface area (Å²) in [6.07, 6.45) is 0.854. The summed E-state index contributed by atoms with van der Waals surface area (Å²) in [6.45, 7) is 0.991. The summed E-state index contributed by atoms with van der Waals surface area (Å²) in [5, 5.41) is 4.02. The Hall–Kier alpha value is -0.770. The third-order valence-corrected chi connectivity index (χ3v) is 3.32. The molecule has 1 fully saturated rings. The number of carbonyl (C=O) groups is 1. The lowest BCUT2D eigenvalue weighted by molar-refractivity contribution is -0.122. The predicted molar refractivity (Wildman–Crippen MR) is 69.4 cm³/mol. The zero-order chi connectivity index (χ0) is 12.4. The number of benzene rings is 1. The molecule has 1 saturated carbocycles. The molecule has 0 saturated heterocycles. The van der Waals surface area contributed by atoms with Gasteiger partial charge in [-0.2, -0.15) is 0 Å². The Morgan fingerprint density at radius 3 is 2.59 bits per heavy atom. The lowest BCUT2D eigenvalue weighted by atomic mass is 10.1. The number of hydrogen-bond donors (Lipinski definition) is 2. The number of rotatable bonds is 4. The molecule has 0 bridgehead atoms. The standard InChI is InChI=1S/C12H14Cl2N2O/c13-8-3-7(4-9(14)5-8)10-6-11(10)12(17)16-2-1-15/h3-5,10-11H,1-2,6,15H2,(H,16,17). The highest BCUT2D eigenvalue weighted by atomic mass is 35.5. The number of halogens is 2. The SMILES string of the molecule is NCCNC(=O)C1CC1c1cc(Cl)cc(Cl)c1. The minimum Gasteiger partial charge on any atom is -0.355 e. The topological polar surface area (TPSA) is 55.1 Å². The second-order valence-electron chi connectivity index (χ2n) is 4.23. The van der Waals surface area contributed by atoms with E-state index >= 15 is 0 Å². The number of amides is 1. The first kappa shape index (κ1) is 12.7. The average molecular weight is 273 g/mol. The molecule has 1 aliphatic carbocycles. The van der Waals surface area contributed by atoms with Crippen molar-refractivity contribution in [2.45, 2.75) is 12.3 Å². The maximum Gasteiger partial charge on any atom is 0.223 e. The molecule has 0 aromatic heterocycles. The first-order valence-corrected chi connectivity index (χ1v) is 6.31. The molecule has 1 amide bonds. The van der Waals surface area contributed by atoms with Crippen LogP contribution in [-0.4, -0.2) is 19.0 Å². The van der Waals surface area contributed by atoms with E-state index in [2.05, 4.69) is 5.32 Å². The molecule has 0 heterocycles. The van der Waals surface area contributed by atoms with Crippen molar-refractivity contribution < 1.29 is 4.79 Å². The van der Waals surface area contributed by atoms with Crippen molar-refractivity contribution in [1.82, 2.24) is 5.32 Å². The van der Waals surface area contributed by atoms with Crippen molar-refractivity contribution in [3.8, 4) is 0 Å². The van der Waals surface area contributed by atoms with Gasteiger partial charge >= 0.3 is 0 Å². The van der Waals surface area contributed by atoms with Crippen LogP contribution >= 0.6 is 23.2 Å². The van der Waals surface area contributed by atoms with Gasteiger partial charge in [0.15, 0.2) is 0 Å². The van der Waals surface area contributed by atoms with Crippen molar-refractivity contribution in [2.75, 3.05) is 13.1 Å². The fraction of sp³-hybridized carbons (Fsp3) is 0.417. The normalized spacial score (nSPS) is 22.3. The molecule has 92 valence electrons. The van der Waals surface area contributed by atoms with E-state index in [4.69, 9.17) is 28.9 Å². The molecule has 2 unspecified atom stereocenters. The van der Waals surface area contributed by atoms with Gasteiger partial charge in [0.1, 0.15) is 0 Å². The highest BCUT2D eigenvalue weighted by molar-refractivity contribution is 6.34. The van der Waals surface area contributed by atoms with Crippen LogP contribution in [-0.2, 0) is 4.79 Å². The second-order valence-corrected chi connectivity index (χ2v) is 5.10. The molecular formula is C12H14Cl2N2O. The van der Waals surface area contributed by atoms with Crippen molar-refractivity contribution in [3.63, 3.8) is 0 Å². The molecular weight excluding hydrogens is 259 g/mol. The lowest BCUT2D eigenvalue weighted by Gasteiger charge is -2.04. The minimum atomic E-state index is 0.0380. The van der Waals surface area contributed by atoms with Crippen molar-refractivity contribution in [2.24, 2.45) is 11.7 Å². The fourth-order valence-electron chi connectivity index (χ4n) is 1.97. The van der Waals surface area contributed by atoms with Gasteiger partial charge in [-0.05, 0) is 36.1 Å². The van der Waals surface area contributed by atoms with Crippen LogP contribution in [0.1, 0.15) is 17.9 Å². The number of hydrogen-bond acceptors (Lipinski definition) is 2. The Kier molecular flexibility index (Phi) is 3.92. The van der Waals surface area contributed by atoms with Crippen molar-refractivity contribution in [3.05, 3.63) is 33.8 Å². The summed E-state index contributed by atoms with van der Waals surface area (Å²) in [5.41, 5.74) is 6.37. The second kappa shape index (κ2) is 5.25. The van der Waals surface area contributed by atoms with E-state index in [1.165, 1.54) is 0 Å². The fourth-order valence-corrected chi connectivity index (χ4v) is 2.51. The summed E-state index contributed by atoms with van der Waals surface area (Å²) >= 11 is 11.9. The maximum absolute atomic E-state index is 11.7. The van der Waals surface area contributed by atoms with Gasteiger partial charge in [0.2, 0.25) is 5.91 Å². The van der Waals surface area contributed by atoms with E-state index in [1.54, 1.807) is 6.07 Å². The summed E-state index contributed by atoms with van der Waals surface area (Å²) in [4.78, 5) is 11.7. The molecule has 3 N–H and O–H groups in total. The molecule has 1 aromatic carbocycles. The number of nitrogens with one attached hydrogen (secondary N) is 1. The van der Waals surface area contributed by atoms with E-state index < -0.39 is 0 Å². The molecule has 1 aromatic rings. The van der Waals surface area contributed by atoms with Gasteiger partial charge in [0.05, 0.1) is 0 Å².